The van der Waals surface area contributed by atoms with Crippen molar-refractivity contribution in [3.05, 3.63) is 110 Å². The molecule has 6 rings (SSSR count). The maximum absolute atomic E-state index is 12.8. The minimum absolute atomic E-state index is 0.132. The molecule has 0 saturated heterocycles. The van der Waals surface area contributed by atoms with E-state index in [-0.39, 0.29) is 34.0 Å². The number of hydrogen-bond donors (Lipinski definition) is 1. The van der Waals surface area contributed by atoms with Crippen LogP contribution in [0, 0.1) is 16.0 Å². The van der Waals surface area contributed by atoms with Crippen molar-refractivity contribution >= 4 is 23.2 Å². The molecule has 2 bridgehead atoms. The molecule has 0 spiro atoms. The van der Waals surface area contributed by atoms with Crippen molar-refractivity contribution in [3.8, 4) is 0 Å². The molecule has 1 amide bonds. The average molecular weight is 419 g/mol. The first kappa shape index (κ1) is 18.8. The Balaban J connectivity index is 1.42. The molecule has 150 valence electrons. The number of carbonyl (C=O) groups is 1. The van der Waals surface area contributed by atoms with Gasteiger partial charge in [-0.2, -0.15) is 0 Å². The van der Waals surface area contributed by atoms with E-state index in [1.54, 1.807) is 0 Å². The number of nitrogens with zero attached hydrogens (tertiary/aromatic N) is 1. The lowest BCUT2D eigenvalue weighted by molar-refractivity contribution is -0.384. The highest BCUT2D eigenvalue weighted by Gasteiger charge is 2.42. The summed E-state index contributed by atoms with van der Waals surface area (Å²) in [5.41, 5.74) is 5.41. The van der Waals surface area contributed by atoms with E-state index >= 15 is 0 Å². The van der Waals surface area contributed by atoms with Crippen molar-refractivity contribution < 1.29 is 9.72 Å². The Bertz CT molecular complexity index is 1130. The maximum Gasteiger partial charge on any atom is 0.270 e. The molecule has 1 N–H and O–H groups in total. The fraction of sp³-hybridized carbons (Fsp3) is 0.208. The topological polar surface area (TPSA) is 72.2 Å². The van der Waals surface area contributed by atoms with Crippen LogP contribution >= 0.6 is 11.6 Å². The van der Waals surface area contributed by atoms with E-state index in [4.69, 9.17) is 11.6 Å². The van der Waals surface area contributed by atoms with E-state index in [0.29, 0.717) is 12.5 Å². The van der Waals surface area contributed by atoms with Gasteiger partial charge in [-0.1, -0.05) is 60.1 Å². The molecule has 0 radical (unpaired) electrons. The molecule has 0 heterocycles. The summed E-state index contributed by atoms with van der Waals surface area (Å²) in [4.78, 5) is 23.3. The lowest BCUT2D eigenvalue weighted by Gasteiger charge is -2.45. The number of rotatable bonds is 4. The molecule has 6 heteroatoms. The van der Waals surface area contributed by atoms with Crippen LogP contribution in [0.2, 0.25) is 5.02 Å². The third-order valence-electron chi connectivity index (χ3n) is 6.35. The monoisotopic (exact) mass is 418 g/mol. The van der Waals surface area contributed by atoms with Gasteiger partial charge in [-0.3, -0.25) is 14.9 Å². The zero-order valence-corrected chi connectivity index (χ0v) is 16.8. The van der Waals surface area contributed by atoms with Crippen molar-refractivity contribution in [3.63, 3.8) is 0 Å². The van der Waals surface area contributed by atoms with Crippen LogP contribution in [0.15, 0.2) is 66.7 Å². The second-order valence-corrected chi connectivity index (χ2v) is 8.32. The van der Waals surface area contributed by atoms with Crippen molar-refractivity contribution in [2.75, 3.05) is 6.54 Å². The SMILES string of the molecule is O=C(NCC1CC2c3ccccc3C1c1ccccc12)c1cc([N+](=O)[O-])ccc1Cl. The Morgan fingerprint density at radius 1 is 1.00 bits per heavy atom. The smallest absolute Gasteiger partial charge is 0.270 e. The lowest BCUT2D eigenvalue weighted by Crippen LogP contribution is -2.39. The molecular weight excluding hydrogens is 400 g/mol. The normalized spacial score (nSPS) is 20.9. The van der Waals surface area contributed by atoms with Crippen molar-refractivity contribution in [2.24, 2.45) is 5.92 Å². The van der Waals surface area contributed by atoms with E-state index in [1.807, 2.05) is 0 Å². The van der Waals surface area contributed by atoms with Crippen LogP contribution in [-0.2, 0) is 0 Å². The molecular formula is C24H19ClN2O3. The number of fused-ring (bicyclic) bond motifs is 1. The van der Waals surface area contributed by atoms with Gasteiger partial charge in [0.1, 0.15) is 0 Å². The van der Waals surface area contributed by atoms with Gasteiger partial charge in [0.15, 0.2) is 0 Å². The molecule has 3 aliphatic carbocycles. The van der Waals surface area contributed by atoms with Gasteiger partial charge < -0.3 is 5.32 Å². The van der Waals surface area contributed by atoms with Crippen LogP contribution in [0.25, 0.3) is 0 Å². The number of benzene rings is 3. The van der Waals surface area contributed by atoms with E-state index in [9.17, 15) is 14.9 Å². The van der Waals surface area contributed by atoms with Gasteiger partial charge >= 0.3 is 0 Å². The fourth-order valence-corrected chi connectivity index (χ4v) is 5.28. The Morgan fingerprint density at radius 3 is 2.20 bits per heavy atom. The minimum Gasteiger partial charge on any atom is -0.352 e. The van der Waals surface area contributed by atoms with Gasteiger partial charge in [-0.15, -0.1) is 0 Å². The maximum atomic E-state index is 12.8. The van der Waals surface area contributed by atoms with Gasteiger partial charge in [-0.05, 0) is 40.7 Å². The zero-order chi connectivity index (χ0) is 20.8. The largest absolute Gasteiger partial charge is 0.352 e. The number of hydrogen-bond acceptors (Lipinski definition) is 3. The highest BCUT2D eigenvalue weighted by molar-refractivity contribution is 6.33. The van der Waals surface area contributed by atoms with Gasteiger partial charge in [0.05, 0.1) is 15.5 Å². The highest BCUT2D eigenvalue weighted by atomic mass is 35.5. The van der Waals surface area contributed by atoms with E-state index < -0.39 is 4.92 Å². The second kappa shape index (κ2) is 7.26. The molecule has 5 nitrogen and oxygen atoms in total. The highest BCUT2D eigenvalue weighted by Crippen LogP contribution is 2.55. The number of nitro groups is 1. The van der Waals surface area contributed by atoms with Crippen LogP contribution in [0.4, 0.5) is 5.69 Å². The van der Waals surface area contributed by atoms with Crippen LogP contribution in [0.3, 0.4) is 0 Å². The summed E-state index contributed by atoms with van der Waals surface area (Å²) in [5, 5.41) is 14.2. The quantitative estimate of drug-likeness (QED) is 0.463. The molecule has 3 aromatic rings. The summed E-state index contributed by atoms with van der Waals surface area (Å²) in [6, 6.07) is 21.0. The molecule has 1 atom stereocenters. The Labute approximate surface area is 178 Å². The van der Waals surface area contributed by atoms with Crippen molar-refractivity contribution in [2.45, 2.75) is 18.3 Å². The third kappa shape index (κ3) is 2.97. The first-order valence-corrected chi connectivity index (χ1v) is 10.3. The van der Waals surface area contributed by atoms with Gasteiger partial charge in [0.2, 0.25) is 0 Å². The summed E-state index contributed by atoms with van der Waals surface area (Å²) in [6.45, 7) is 0.488. The molecule has 0 aliphatic heterocycles. The molecule has 0 saturated carbocycles. The lowest BCUT2D eigenvalue weighted by atomic mass is 9.59. The number of nitro benzene ring substituents is 1. The molecule has 0 aromatic heterocycles. The van der Waals surface area contributed by atoms with Gasteiger partial charge in [-0.25, -0.2) is 0 Å². The first-order chi connectivity index (χ1) is 14.5. The molecule has 30 heavy (non-hydrogen) atoms. The summed E-state index contributed by atoms with van der Waals surface area (Å²) < 4.78 is 0. The predicted molar refractivity (Wildman–Crippen MR) is 115 cm³/mol. The fourth-order valence-electron chi connectivity index (χ4n) is 5.08. The van der Waals surface area contributed by atoms with E-state index in [0.717, 1.165) is 6.42 Å². The summed E-state index contributed by atoms with van der Waals surface area (Å²) in [5.74, 6) is 0.418. The van der Waals surface area contributed by atoms with Gasteiger partial charge in [0.25, 0.3) is 11.6 Å². The Hall–Kier alpha value is -3.18. The Morgan fingerprint density at radius 2 is 1.60 bits per heavy atom. The summed E-state index contributed by atoms with van der Waals surface area (Å²) in [6.07, 6.45) is 0.960. The van der Waals surface area contributed by atoms with Gasteiger partial charge in [0, 0.05) is 30.5 Å². The standard InChI is InChI=1S/C24H19ClN2O3/c25-22-10-9-15(27(29)30)12-21(22)24(28)26-13-14-11-20-16-5-1-3-7-18(16)23(14)19-8-4-2-6-17(19)20/h1-10,12,14,20,23H,11,13H2,(H,26,28). The number of nitrogens with one attached hydrogen (secondary N) is 1. The first-order valence-electron chi connectivity index (χ1n) is 9.94. The molecule has 1 unspecified atom stereocenters. The number of non-ortho nitro benzene ring substituents is 1. The van der Waals surface area contributed by atoms with Crippen LogP contribution in [-0.4, -0.2) is 17.4 Å². The number of halogens is 1. The summed E-state index contributed by atoms with van der Waals surface area (Å²) in [7, 11) is 0. The predicted octanol–water partition coefficient (Wildman–Crippen LogP) is 5.28. The molecule has 0 fully saturated rings. The number of amides is 1. The average Bonchev–Trinajstić information content (AvgIpc) is 2.77. The second-order valence-electron chi connectivity index (χ2n) is 7.92. The van der Waals surface area contributed by atoms with Crippen molar-refractivity contribution in [1.29, 1.82) is 0 Å². The van der Waals surface area contributed by atoms with E-state index in [2.05, 4.69) is 53.8 Å². The van der Waals surface area contributed by atoms with E-state index in [1.165, 1.54) is 40.5 Å². The zero-order valence-electron chi connectivity index (χ0n) is 16.0. The minimum atomic E-state index is -0.527. The molecule has 3 aromatic carbocycles. The molecule has 3 aliphatic rings. The van der Waals surface area contributed by atoms with Crippen LogP contribution < -0.4 is 5.32 Å². The van der Waals surface area contributed by atoms with Crippen LogP contribution in [0.1, 0.15) is 50.9 Å². The Kier molecular flexibility index (Phi) is 4.55. The van der Waals surface area contributed by atoms with Crippen LogP contribution in [0.5, 0.6) is 0 Å². The summed E-state index contributed by atoms with van der Waals surface area (Å²) >= 11 is 6.13. The third-order valence-corrected chi connectivity index (χ3v) is 6.68. The van der Waals surface area contributed by atoms with Crippen molar-refractivity contribution in [1.82, 2.24) is 5.32 Å². The number of carbonyl (C=O) groups excluding carboxylic acids is 1.